The number of nitrogens with zero attached hydrogens (tertiary/aromatic N) is 1. The Kier molecular flexibility index (Phi) is 10.0. The lowest BCUT2D eigenvalue weighted by Crippen LogP contribution is -2.45. The highest BCUT2D eigenvalue weighted by atomic mass is 16.5. The molecule has 1 amide bonds. The second kappa shape index (κ2) is 13.7. The number of amides is 1. The molecule has 0 fully saturated rings. The molecular weight excluding hydrogens is 556 g/mol. The number of hydrogen-bond donors (Lipinski definition) is 1. The lowest BCUT2D eigenvalue weighted by Gasteiger charge is -2.25. The summed E-state index contributed by atoms with van der Waals surface area (Å²) in [4.78, 5) is 52.3. The molecule has 44 heavy (non-hydrogen) atoms. The van der Waals surface area contributed by atoms with Crippen LogP contribution in [0.1, 0.15) is 62.5 Å². The van der Waals surface area contributed by atoms with E-state index in [1.807, 2.05) is 60.8 Å². The van der Waals surface area contributed by atoms with Crippen LogP contribution in [0.15, 0.2) is 91.1 Å². The summed E-state index contributed by atoms with van der Waals surface area (Å²) in [5.41, 5.74) is 1.67. The van der Waals surface area contributed by atoms with E-state index in [0.717, 1.165) is 22.0 Å². The number of rotatable bonds is 12. The summed E-state index contributed by atoms with van der Waals surface area (Å²) in [5, 5.41) is 3.73. The molecule has 1 N–H and O–H groups in total. The van der Waals surface area contributed by atoms with Crippen molar-refractivity contribution in [1.29, 1.82) is 0 Å². The average molecular weight is 597 g/mol. The SMILES string of the molecule is CC(C)(CC(=O)[C@@H](Cc1cn(C(C)(C)C)c2ccccc12)NC(=O)OCc1ccccc1)C(=O)OCC(=O)c1ccccc1. The van der Waals surface area contributed by atoms with Crippen LogP contribution in [0, 0.1) is 5.41 Å². The summed E-state index contributed by atoms with van der Waals surface area (Å²) < 4.78 is 12.9. The van der Waals surface area contributed by atoms with Crippen LogP contribution in [-0.2, 0) is 37.6 Å². The van der Waals surface area contributed by atoms with Gasteiger partial charge in [0.15, 0.2) is 18.2 Å². The van der Waals surface area contributed by atoms with Gasteiger partial charge in [-0.25, -0.2) is 4.79 Å². The Labute approximate surface area is 258 Å². The molecule has 1 heterocycles. The molecule has 0 bridgehead atoms. The standard InChI is InChI=1S/C36H40N2O6/c1-35(2,3)38-22-27(28-18-12-13-19-30(28)38)20-29(37-34(42)44-23-25-14-8-6-9-15-25)31(39)21-36(4,5)33(41)43-24-32(40)26-16-10-7-11-17-26/h6-19,22,29H,20-21,23-24H2,1-5H3,(H,37,42)/t29-/m1/s1. The summed E-state index contributed by atoms with van der Waals surface area (Å²) in [6.45, 7) is 9.10. The maximum atomic E-state index is 13.8. The molecule has 1 atom stereocenters. The Balaban J connectivity index is 1.52. The van der Waals surface area contributed by atoms with Crippen molar-refractivity contribution in [2.75, 3.05) is 6.61 Å². The van der Waals surface area contributed by atoms with Crippen molar-refractivity contribution in [2.45, 2.75) is 65.6 Å². The molecule has 0 spiro atoms. The Morgan fingerprint density at radius 3 is 2.07 bits per heavy atom. The lowest BCUT2D eigenvalue weighted by molar-refractivity contribution is -0.154. The van der Waals surface area contributed by atoms with Crippen LogP contribution in [0.5, 0.6) is 0 Å². The Bertz CT molecular complexity index is 1620. The minimum absolute atomic E-state index is 0.0458. The fraction of sp³-hybridized carbons (Fsp3) is 0.333. The molecule has 1 aromatic heterocycles. The molecule has 0 unspecified atom stereocenters. The summed E-state index contributed by atoms with van der Waals surface area (Å²) in [5.74, 6) is -1.37. The van der Waals surface area contributed by atoms with Crippen LogP contribution in [0.2, 0.25) is 0 Å². The van der Waals surface area contributed by atoms with Gasteiger partial charge in [-0.3, -0.25) is 14.4 Å². The molecule has 0 aliphatic carbocycles. The summed E-state index contributed by atoms with van der Waals surface area (Å²) in [6.07, 6.45) is 1.25. The van der Waals surface area contributed by atoms with E-state index in [-0.39, 0.29) is 36.6 Å². The van der Waals surface area contributed by atoms with E-state index in [2.05, 4.69) is 30.7 Å². The molecule has 0 aliphatic heterocycles. The highest BCUT2D eigenvalue weighted by molar-refractivity contribution is 5.98. The normalized spacial score (nSPS) is 12.4. The van der Waals surface area contributed by atoms with Gasteiger partial charge in [-0.1, -0.05) is 78.9 Å². The third kappa shape index (κ3) is 8.22. The average Bonchev–Trinajstić information content (AvgIpc) is 3.38. The van der Waals surface area contributed by atoms with Crippen LogP contribution >= 0.6 is 0 Å². The van der Waals surface area contributed by atoms with Crippen molar-refractivity contribution in [1.82, 2.24) is 9.88 Å². The van der Waals surface area contributed by atoms with Crippen molar-refractivity contribution in [3.05, 3.63) is 108 Å². The summed E-state index contributed by atoms with van der Waals surface area (Å²) in [7, 11) is 0. The van der Waals surface area contributed by atoms with Crippen LogP contribution in [0.4, 0.5) is 4.79 Å². The zero-order valence-corrected chi connectivity index (χ0v) is 26.0. The summed E-state index contributed by atoms with van der Waals surface area (Å²) in [6, 6.07) is 24.7. The smallest absolute Gasteiger partial charge is 0.408 e. The molecule has 230 valence electrons. The maximum absolute atomic E-state index is 13.8. The predicted molar refractivity (Wildman–Crippen MR) is 169 cm³/mol. The zero-order valence-electron chi connectivity index (χ0n) is 26.0. The number of nitrogens with one attached hydrogen (secondary N) is 1. The first kappa shape index (κ1) is 32.2. The van der Waals surface area contributed by atoms with Crippen molar-refractivity contribution < 1.29 is 28.7 Å². The molecule has 8 nitrogen and oxygen atoms in total. The number of alkyl carbamates (subject to hydrolysis) is 1. The van der Waals surface area contributed by atoms with Gasteiger partial charge in [0.1, 0.15) is 6.61 Å². The number of hydrogen-bond acceptors (Lipinski definition) is 6. The second-order valence-electron chi connectivity index (χ2n) is 12.6. The van der Waals surface area contributed by atoms with Crippen LogP contribution in [0.3, 0.4) is 0 Å². The molecule has 4 rings (SSSR count). The largest absolute Gasteiger partial charge is 0.457 e. The van der Waals surface area contributed by atoms with Gasteiger partial charge in [0.25, 0.3) is 0 Å². The number of fused-ring (bicyclic) bond motifs is 1. The Hall–Kier alpha value is -4.72. The maximum Gasteiger partial charge on any atom is 0.408 e. The molecule has 8 heteroatoms. The van der Waals surface area contributed by atoms with Crippen molar-refractivity contribution in [2.24, 2.45) is 5.41 Å². The molecule has 0 radical (unpaired) electrons. The van der Waals surface area contributed by atoms with Crippen LogP contribution in [-0.4, -0.2) is 40.8 Å². The van der Waals surface area contributed by atoms with E-state index in [4.69, 9.17) is 9.47 Å². The highest BCUT2D eigenvalue weighted by Gasteiger charge is 2.36. The van der Waals surface area contributed by atoms with Crippen LogP contribution in [0.25, 0.3) is 10.9 Å². The number of aromatic nitrogens is 1. The van der Waals surface area contributed by atoms with Gasteiger partial charge in [-0.05, 0) is 51.8 Å². The van der Waals surface area contributed by atoms with Gasteiger partial charge in [-0.15, -0.1) is 0 Å². The minimum atomic E-state index is -1.25. The van der Waals surface area contributed by atoms with Gasteiger partial charge in [-0.2, -0.15) is 0 Å². The number of para-hydroxylation sites is 1. The second-order valence-corrected chi connectivity index (χ2v) is 12.6. The number of ether oxygens (including phenoxy) is 2. The summed E-state index contributed by atoms with van der Waals surface area (Å²) >= 11 is 0. The number of carbonyl (C=O) groups excluding carboxylic acids is 4. The third-order valence-electron chi connectivity index (χ3n) is 7.43. The van der Waals surface area contributed by atoms with E-state index in [1.165, 1.54) is 0 Å². The fourth-order valence-corrected chi connectivity index (χ4v) is 5.00. The van der Waals surface area contributed by atoms with E-state index in [9.17, 15) is 19.2 Å². The first-order chi connectivity index (χ1) is 20.8. The van der Waals surface area contributed by atoms with Crippen molar-refractivity contribution in [3.8, 4) is 0 Å². The predicted octanol–water partition coefficient (Wildman–Crippen LogP) is 6.65. The van der Waals surface area contributed by atoms with Gasteiger partial charge in [0, 0.05) is 41.0 Å². The van der Waals surface area contributed by atoms with Gasteiger partial charge in [0.05, 0.1) is 11.5 Å². The molecule has 0 saturated carbocycles. The molecular formula is C36H40N2O6. The minimum Gasteiger partial charge on any atom is -0.457 e. The fourth-order valence-electron chi connectivity index (χ4n) is 5.00. The number of esters is 1. The molecule has 0 saturated heterocycles. The monoisotopic (exact) mass is 596 g/mol. The first-order valence-corrected chi connectivity index (χ1v) is 14.7. The topological polar surface area (TPSA) is 104 Å². The van der Waals surface area contributed by atoms with E-state index in [0.29, 0.717) is 5.56 Å². The van der Waals surface area contributed by atoms with E-state index < -0.39 is 30.1 Å². The third-order valence-corrected chi connectivity index (χ3v) is 7.43. The molecule has 4 aromatic rings. The van der Waals surface area contributed by atoms with E-state index >= 15 is 0 Å². The number of carbonyl (C=O) groups is 4. The van der Waals surface area contributed by atoms with Gasteiger partial charge < -0.3 is 19.4 Å². The first-order valence-electron chi connectivity index (χ1n) is 14.7. The van der Waals surface area contributed by atoms with Crippen molar-refractivity contribution >= 4 is 34.5 Å². The molecule has 0 aliphatic rings. The van der Waals surface area contributed by atoms with E-state index in [1.54, 1.807) is 44.2 Å². The van der Waals surface area contributed by atoms with Gasteiger partial charge in [0.2, 0.25) is 0 Å². The van der Waals surface area contributed by atoms with Gasteiger partial charge >= 0.3 is 12.1 Å². The number of Topliss-reactive ketones (excluding diaryl/α,β-unsaturated/α-hetero) is 2. The van der Waals surface area contributed by atoms with Crippen molar-refractivity contribution in [3.63, 3.8) is 0 Å². The Morgan fingerprint density at radius 2 is 1.41 bits per heavy atom. The molecule has 3 aromatic carbocycles. The quantitative estimate of drug-likeness (QED) is 0.145. The highest BCUT2D eigenvalue weighted by Crippen LogP contribution is 2.30. The Morgan fingerprint density at radius 1 is 0.795 bits per heavy atom. The number of benzene rings is 3. The lowest BCUT2D eigenvalue weighted by atomic mass is 9.84. The zero-order chi connectivity index (χ0) is 31.9. The van der Waals surface area contributed by atoms with Crippen LogP contribution < -0.4 is 5.32 Å². The number of ketones is 2.